The van der Waals surface area contributed by atoms with Crippen molar-refractivity contribution in [3.05, 3.63) is 59.9 Å². The number of aryl methyl sites for hydroxylation is 1. The number of amides is 1. The van der Waals surface area contributed by atoms with Gasteiger partial charge in [0.25, 0.3) is 0 Å². The van der Waals surface area contributed by atoms with E-state index >= 15 is 0 Å². The van der Waals surface area contributed by atoms with Crippen LogP contribution in [0, 0.1) is 0 Å². The molecule has 1 aliphatic carbocycles. The van der Waals surface area contributed by atoms with Crippen molar-refractivity contribution in [3.63, 3.8) is 0 Å². The van der Waals surface area contributed by atoms with E-state index < -0.39 is 11.6 Å². The number of nitrogen functional groups attached to an aromatic ring is 1. The number of anilines is 1. The zero-order chi connectivity index (χ0) is 31.3. The van der Waals surface area contributed by atoms with Gasteiger partial charge in [-0.1, -0.05) is 44.2 Å². The fraction of sp³-hybridized carbons (Fsp3) is 0.455. The molecule has 0 atom stereocenters. The van der Waals surface area contributed by atoms with Gasteiger partial charge >= 0.3 is 5.97 Å². The van der Waals surface area contributed by atoms with Gasteiger partial charge in [-0.2, -0.15) is 0 Å². The number of carbonyl (C=O) groups excluding carboxylic acids is 1. The lowest BCUT2D eigenvalue weighted by Gasteiger charge is -2.27. The Morgan fingerprint density at radius 3 is 2.57 bits per heavy atom. The molecule has 11 nitrogen and oxygen atoms in total. The molecule has 4 aromatic rings. The summed E-state index contributed by atoms with van der Waals surface area (Å²) in [6, 6.07) is 15.3. The van der Waals surface area contributed by atoms with Crippen LogP contribution in [0.1, 0.15) is 44.5 Å². The van der Waals surface area contributed by atoms with Crippen LogP contribution in [0.3, 0.4) is 0 Å². The first-order valence-corrected chi connectivity index (χ1v) is 15.3. The van der Waals surface area contributed by atoms with Crippen LogP contribution in [0.4, 0.5) is 5.82 Å². The summed E-state index contributed by atoms with van der Waals surface area (Å²) in [6.07, 6.45) is 2.29. The number of aliphatic carboxylic acids is 1. The number of hydrogen-bond acceptors (Lipinski definition) is 8. The van der Waals surface area contributed by atoms with E-state index in [1.54, 1.807) is 13.2 Å². The predicted octanol–water partition coefficient (Wildman–Crippen LogP) is 4.11. The van der Waals surface area contributed by atoms with Crippen molar-refractivity contribution in [3.8, 4) is 5.75 Å². The molecule has 2 aromatic heterocycles. The van der Waals surface area contributed by atoms with Crippen LogP contribution < -0.4 is 10.5 Å². The van der Waals surface area contributed by atoms with Crippen molar-refractivity contribution in [1.82, 2.24) is 24.3 Å². The maximum absolute atomic E-state index is 13.6. The Morgan fingerprint density at radius 1 is 1.09 bits per heavy atom. The van der Waals surface area contributed by atoms with Crippen LogP contribution in [0.25, 0.3) is 21.9 Å². The summed E-state index contributed by atoms with van der Waals surface area (Å²) in [6.45, 7) is 8.04. The van der Waals surface area contributed by atoms with Crippen LogP contribution in [0.2, 0.25) is 0 Å². The Balaban J connectivity index is 1.39. The van der Waals surface area contributed by atoms with Crippen molar-refractivity contribution in [2.45, 2.75) is 58.2 Å². The molecule has 2 aromatic carbocycles. The molecule has 1 amide bonds. The molecular weight excluding hydrogens is 560 g/mol. The topological polar surface area (TPSA) is 136 Å². The molecule has 1 saturated carbocycles. The quantitative estimate of drug-likeness (QED) is 0.194. The molecule has 2 heterocycles. The average molecular weight is 603 g/mol. The number of nitrogens with zero attached hydrogens (tertiary/aromatic N) is 5. The van der Waals surface area contributed by atoms with E-state index in [0.29, 0.717) is 75.6 Å². The smallest absolute Gasteiger partial charge is 0.348 e. The highest BCUT2D eigenvalue weighted by Crippen LogP contribution is 2.40. The minimum Gasteiger partial charge on any atom is -0.478 e. The minimum atomic E-state index is -1.13. The number of fused-ring (bicyclic) bond motifs is 3. The summed E-state index contributed by atoms with van der Waals surface area (Å²) in [5.74, 6) is 0.860. The Bertz CT molecular complexity index is 1630. The largest absolute Gasteiger partial charge is 0.478 e. The molecule has 1 fully saturated rings. The summed E-state index contributed by atoms with van der Waals surface area (Å²) < 4.78 is 13.4. The van der Waals surface area contributed by atoms with Gasteiger partial charge in [-0.3, -0.25) is 9.69 Å². The summed E-state index contributed by atoms with van der Waals surface area (Å²) >= 11 is 0. The highest BCUT2D eigenvalue weighted by Gasteiger charge is 2.53. The van der Waals surface area contributed by atoms with Crippen molar-refractivity contribution >= 4 is 39.6 Å². The summed E-state index contributed by atoms with van der Waals surface area (Å²) in [4.78, 5) is 38.7. The van der Waals surface area contributed by atoms with E-state index in [4.69, 9.17) is 20.2 Å². The molecule has 0 aliphatic heterocycles. The number of para-hydroxylation sites is 1. The predicted molar refractivity (Wildman–Crippen MR) is 170 cm³/mol. The molecule has 0 radical (unpaired) electrons. The molecule has 5 rings (SSSR count). The van der Waals surface area contributed by atoms with Gasteiger partial charge in [0.05, 0.1) is 24.2 Å². The van der Waals surface area contributed by atoms with E-state index in [-0.39, 0.29) is 5.91 Å². The Labute approximate surface area is 257 Å². The second-order valence-electron chi connectivity index (χ2n) is 11.3. The number of methoxy groups -OCH3 is 1. The summed E-state index contributed by atoms with van der Waals surface area (Å²) in [7, 11) is 1.67. The van der Waals surface area contributed by atoms with E-state index in [2.05, 4.69) is 28.3 Å². The van der Waals surface area contributed by atoms with E-state index in [1.807, 2.05) is 47.4 Å². The molecule has 11 heteroatoms. The first kappa shape index (κ1) is 31.2. The van der Waals surface area contributed by atoms with Gasteiger partial charge in [0.2, 0.25) is 11.5 Å². The van der Waals surface area contributed by atoms with Gasteiger partial charge in [0.15, 0.2) is 5.82 Å². The normalized spacial score (nSPS) is 13.9. The Morgan fingerprint density at radius 2 is 1.86 bits per heavy atom. The zero-order valence-electron chi connectivity index (χ0n) is 25.8. The fourth-order valence-corrected chi connectivity index (χ4v) is 5.61. The lowest BCUT2D eigenvalue weighted by molar-refractivity contribution is -0.147. The standard InChI is InChI=1S/C33H42N6O5/c1-4-37(5-2)22-28(40)38(21-23-10-8-11-24(20-23)44-33(15-16-33)32(41)42)17-9-18-39-27(14-19-43-3)36-29-30(39)25-12-6-7-13-26(25)35-31(29)34/h6-8,10-13,20H,4-5,9,14-19,21-22H2,1-3H3,(H2,34,35)(H,41,42). The SMILES string of the molecule is CCN(CC)CC(=O)N(CCCn1c(CCOC)nc2c(N)nc3ccccc3c21)Cc1cccc(OC2(C(=O)O)CC2)c1. The number of benzene rings is 2. The van der Waals surface area contributed by atoms with Crippen molar-refractivity contribution in [2.24, 2.45) is 0 Å². The molecule has 0 saturated heterocycles. The van der Waals surface area contributed by atoms with Crippen molar-refractivity contribution in [1.29, 1.82) is 0 Å². The number of pyridine rings is 1. The Hall–Kier alpha value is -4.22. The molecule has 0 unspecified atom stereocenters. The van der Waals surface area contributed by atoms with Gasteiger partial charge in [-0.15, -0.1) is 0 Å². The average Bonchev–Trinajstić information content (AvgIpc) is 3.71. The monoisotopic (exact) mass is 602 g/mol. The Kier molecular flexibility index (Phi) is 9.65. The number of carboxylic acids is 1. The highest BCUT2D eigenvalue weighted by molar-refractivity contribution is 6.06. The molecule has 3 N–H and O–H groups in total. The molecule has 1 aliphatic rings. The second-order valence-corrected chi connectivity index (χ2v) is 11.3. The minimum absolute atomic E-state index is 0.0400. The maximum atomic E-state index is 13.6. The van der Waals surface area contributed by atoms with Crippen LogP contribution >= 0.6 is 0 Å². The lowest BCUT2D eigenvalue weighted by atomic mass is 10.1. The third-order valence-electron chi connectivity index (χ3n) is 8.31. The number of likely N-dealkylation sites (N-methyl/N-ethyl adjacent to an activating group) is 1. The summed E-state index contributed by atoms with van der Waals surface area (Å²) in [5.41, 5.74) is 8.54. The number of ether oxygens (including phenoxy) is 2. The van der Waals surface area contributed by atoms with Crippen LogP contribution in [-0.4, -0.2) is 86.8 Å². The number of carboxylic acid groups (broad SMARTS) is 1. The van der Waals surface area contributed by atoms with Crippen LogP contribution in [-0.2, 0) is 33.8 Å². The molecule has 0 spiro atoms. The molecule has 234 valence electrons. The zero-order valence-corrected chi connectivity index (χ0v) is 25.8. The third-order valence-corrected chi connectivity index (χ3v) is 8.31. The lowest BCUT2D eigenvalue weighted by Crippen LogP contribution is -2.40. The first-order chi connectivity index (χ1) is 21.3. The molecule has 44 heavy (non-hydrogen) atoms. The second kappa shape index (κ2) is 13.6. The summed E-state index contributed by atoms with van der Waals surface area (Å²) in [5, 5.41) is 10.5. The number of carbonyl (C=O) groups is 2. The first-order valence-electron chi connectivity index (χ1n) is 15.3. The highest BCUT2D eigenvalue weighted by atomic mass is 16.5. The van der Waals surface area contributed by atoms with Gasteiger partial charge in [-0.05, 0) is 43.3 Å². The number of hydrogen-bond donors (Lipinski definition) is 2. The van der Waals surface area contributed by atoms with Gasteiger partial charge in [0, 0.05) is 51.4 Å². The van der Waals surface area contributed by atoms with E-state index in [9.17, 15) is 14.7 Å². The van der Waals surface area contributed by atoms with E-state index in [0.717, 1.165) is 40.9 Å². The van der Waals surface area contributed by atoms with Crippen LogP contribution in [0.5, 0.6) is 5.75 Å². The number of nitrogens with two attached hydrogens (primary N) is 1. The molecular formula is C33H42N6O5. The van der Waals surface area contributed by atoms with Crippen molar-refractivity contribution < 1.29 is 24.2 Å². The molecule has 0 bridgehead atoms. The van der Waals surface area contributed by atoms with E-state index in [1.165, 1.54) is 0 Å². The van der Waals surface area contributed by atoms with Crippen molar-refractivity contribution in [2.75, 3.05) is 45.6 Å². The number of rotatable bonds is 16. The maximum Gasteiger partial charge on any atom is 0.348 e. The van der Waals surface area contributed by atoms with Crippen LogP contribution in [0.15, 0.2) is 48.5 Å². The number of aromatic nitrogens is 3. The number of imidazole rings is 1. The van der Waals surface area contributed by atoms with Gasteiger partial charge < -0.3 is 29.8 Å². The third kappa shape index (κ3) is 6.79. The van der Waals surface area contributed by atoms with Gasteiger partial charge in [0.1, 0.15) is 17.1 Å². The van der Waals surface area contributed by atoms with Gasteiger partial charge in [-0.25, -0.2) is 14.8 Å². The fourth-order valence-electron chi connectivity index (χ4n) is 5.61.